The highest BCUT2D eigenvalue weighted by Crippen LogP contribution is 2.25. The number of rotatable bonds is 6. The molecular weight excluding hydrogens is 361 g/mol. The Morgan fingerprint density at radius 2 is 2.04 bits per heavy atom. The van der Waals surface area contributed by atoms with Crippen LogP contribution in [-0.2, 0) is 6.54 Å². The number of pyridine rings is 1. The molecule has 0 saturated heterocycles. The number of methoxy groups -OCH3 is 1. The first-order chi connectivity index (χ1) is 12.3. The van der Waals surface area contributed by atoms with Crippen molar-refractivity contribution in [3.8, 4) is 5.88 Å². The number of aryl methyl sites for hydroxylation is 1. The number of benzene rings is 1. The number of H-pyrrole nitrogens is 1. The summed E-state index contributed by atoms with van der Waals surface area (Å²) >= 11 is 6.09. The minimum absolute atomic E-state index is 0.00976. The molecule has 0 aliphatic rings. The molecule has 140 valence electrons. The van der Waals surface area contributed by atoms with Crippen molar-refractivity contribution in [1.82, 2.24) is 10.3 Å². The van der Waals surface area contributed by atoms with Crippen molar-refractivity contribution in [2.24, 2.45) is 0 Å². The van der Waals surface area contributed by atoms with Crippen LogP contribution in [-0.4, -0.2) is 24.5 Å². The molecule has 0 aliphatic heterocycles. The number of nitrogens with one attached hydrogen (secondary N) is 3. The third-order valence-electron chi connectivity index (χ3n) is 3.99. The Morgan fingerprint density at radius 3 is 2.65 bits per heavy atom. The second kappa shape index (κ2) is 8.23. The van der Waals surface area contributed by atoms with Gasteiger partial charge in [0.1, 0.15) is 0 Å². The maximum absolute atomic E-state index is 13.9. The summed E-state index contributed by atoms with van der Waals surface area (Å²) in [5.74, 6) is -1.21. The van der Waals surface area contributed by atoms with Gasteiger partial charge in [-0.05, 0) is 38.5 Å². The number of aromatic amines is 1. The van der Waals surface area contributed by atoms with E-state index in [-0.39, 0.29) is 23.7 Å². The van der Waals surface area contributed by atoms with Gasteiger partial charge in [0.25, 0.3) is 5.91 Å². The van der Waals surface area contributed by atoms with Gasteiger partial charge in [-0.15, -0.1) is 0 Å². The standard InChI is InChI=1S/C18H21ClFN3O3/c1-5-21-14-7-11(19)6-12(9(14)2)17(25)22-8-13-16(24)15(20)10(3)23-18(13)26-4/h6-7,21H,5,8H2,1-4H3,(H,22,25)(H,23,24). The molecule has 2 aromatic rings. The zero-order valence-corrected chi connectivity index (χ0v) is 15.8. The lowest BCUT2D eigenvalue weighted by Gasteiger charge is -2.14. The second-order valence-corrected chi connectivity index (χ2v) is 6.18. The number of ether oxygens (including phenoxy) is 1. The fourth-order valence-corrected chi connectivity index (χ4v) is 2.81. The smallest absolute Gasteiger partial charge is 0.251 e. The number of carbonyl (C=O) groups is 1. The van der Waals surface area contributed by atoms with E-state index < -0.39 is 17.2 Å². The van der Waals surface area contributed by atoms with Crippen molar-refractivity contribution in [2.75, 3.05) is 19.0 Å². The molecule has 0 aliphatic carbocycles. The Bertz CT molecular complexity index is 896. The van der Waals surface area contributed by atoms with Crippen LogP contribution in [0.5, 0.6) is 5.88 Å². The number of hydrogen-bond acceptors (Lipinski definition) is 4. The van der Waals surface area contributed by atoms with Crippen LogP contribution >= 0.6 is 11.6 Å². The molecular formula is C18H21ClFN3O3. The highest BCUT2D eigenvalue weighted by molar-refractivity contribution is 6.31. The Labute approximate surface area is 155 Å². The number of carbonyl (C=O) groups excluding carboxylic acids is 1. The van der Waals surface area contributed by atoms with Gasteiger partial charge < -0.3 is 20.4 Å². The van der Waals surface area contributed by atoms with Crippen LogP contribution in [0.2, 0.25) is 5.02 Å². The summed E-state index contributed by atoms with van der Waals surface area (Å²) in [6.07, 6.45) is 0. The average Bonchev–Trinajstić information content (AvgIpc) is 2.61. The molecule has 0 bridgehead atoms. The molecule has 0 saturated carbocycles. The van der Waals surface area contributed by atoms with Crippen LogP contribution < -0.4 is 20.8 Å². The van der Waals surface area contributed by atoms with E-state index in [0.29, 0.717) is 17.1 Å². The molecule has 1 aromatic heterocycles. The molecule has 0 radical (unpaired) electrons. The molecule has 3 N–H and O–H groups in total. The molecule has 0 unspecified atom stereocenters. The van der Waals surface area contributed by atoms with Crippen molar-refractivity contribution in [1.29, 1.82) is 0 Å². The number of anilines is 1. The molecule has 0 spiro atoms. The Hall–Kier alpha value is -2.54. The fourth-order valence-electron chi connectivity index (χ4n) is 2.59. The lowest BCUT2D eigenvalue weighted by atomic mass is 10.1. The number of halogens is 2. The lowest BCUT2D eigenvalue weighted by Crippen LogP contribution is -2.29. The number of amides is 1. The van der Waals surface area contributed by atoms with Gasteiger partial charge in [0.15, 0.2) is 11.7 Å². The first-order valence-electron chi connectivity index (χ1n) is 8.07. The normalized spacial score (nSPS) is 10.5. The first-order valence-corrected chi connectivity index (χ1v) is 8.45. The van der Waals surface area contributed by atoms with E-state index in [9.17, 15) is 14.0 Å². The molecule has 0 atom stereocenters. The largest absolute Gasteiger partial charge is 0.482 e. The van der Waals surface area contributed by atoms with E-state index in [1.54, 1.807) is 19.1 Å². The van der Waals surface area contributed by atoms with Crippen LogP contribution in [0.15, 0.2) is 16.9 Å². The second-order valence-electron chi connectivity index (χ2n) is 5.74. The summed E-state index contributed by atoms with van der Waals surface area (Å²) in [6, 6.07) is 3.28. The molecule has 1 amide bonds. The lowest BCUT2D eigenvalue weighted by molar-refractivity contribution is 0.0950. The van der Waals surface area contributed by atoms with Crippen LogP contribution in [0.4, 0.5) is 10.1 Å². The summed E-state index contributed by atoms with van der Waals surface area (Å²) < 4.78 is 19.0. The SMILES string of the molecule is CCNc1cc(Cl)cc(C(=O)NCc2c(OC)[nH]c(C)c(F)c2=O)c1C. The van der Waals surface area contributed by atoms with Crippen LogP contribution in [0.25, 0.3) is 0 Å². The Kier molecular flexibility index (Phi) is 6.26. The van der Waals surface area contributed by atoms with Crippen LogP contribution in [0.3, 0.4) is 0 Å². The topological polar surface area (TPSA) is 83.2 Å². The molecule has 0 fully saturated rings. The zero-order valence-electron chi connectivity index (χ0n) is 15.0. The summed E-state index contributed by atoms with van der Waals surface area (Å²) in [6.45, 7) is 5.65. The fraction of sp³-hybridized carbons (Fsp3) is 0.333. The summed E-state index contributed by atoms with van der Waals surface area (Å²) in [5.41, 5.74) is 1.12. The van der Waals surface area contributed by atoms with Crippen LogP contribution in [0, 0.1) is 19.7 Å². The average molecular weight is 382 g/mol. The van der Waals surface area contributed by atoms with Gasteiger partial charge in [-0.3, -0.25) is 9.59 Å². The maximum atomic E-state index is 13.9. The van der Waals surface area contributed by atoms with Gasteiger partial charge in [0.05, 0.1) is 24.9 Å². The first kappa shape index (κ1) is 19.8. The van der Waals surface area contributed by atoms with Crippen molar-refractivity contribution >= 4 is 23.2 Å². The third kappa shape index (κ3) is 3.99. The van der Waals surface area contributed by atoms with Crippen LogP contribution in [0.1, 0.15) is 34.1 Å². The number of aromatic nitrogens is 1. The Morgan fingerprint density at radius 1 is 1.35 bits per heavy atom. The van der Waals surface area contributed by atoms with E-state index in [2.05, 4.69) is 15.6 Å². The summed E-state index contributed by atoms with van der Waals surface area (Å²) in [5, 5.41) is 6.17. The van der Waals surface area contributed by atoms with Gasteiger partial charge in [-0.25, -0.2) is 4.39 Å². The third-order valence-corrected chi connectivity index (χ3v) is 4.21. The zero-order chi connectivity index (χ0) is 19.4. The quantitative estimate of drug-likeness (QED) is 0.717. The maximum Gasteiger partial charge on any atom is 0.251 e. The van der Waals surface area contributed by atoms with Crippen molar-refractivity contribution in [3.63, 3.8) is 0 Å². The van der Waals surface area contributed by atoms with E-state index in [1.807, 2.05) is 6.92 Å². The summed E-state index contributed by atoms with van der Waals surface area (Å²) in [4.78, 5) is 27.4. The monoisotopic (exact) mass is 381 g/mol. The molecule has 26 heavy (non-hydrogen) atoms. The Balaban J connectivity index is 2.31. The highest BCUT2D eigenvalue weighted by atomic mass is 35.5. The van der Waals surface area contributed by atoms with E-state index in [0.717, 1.165) is 11.3 Å². The molecule has 8 heteroatoms. The van der Waals surface area contributed by atoms with Gasteiger partial charge in [-0.2, -0.15) is 0 Å². The van der Waals surface area contributed by atoms with E-state index >= 15 is 0 Å². The predicted octanol–water partition coefficient (Wildman–Crippen LogP) is 3.15. The van der Waals surface area contributed by atoms with E-state index in [1.165, 1.54) is 14.0 Å². The molecule has 2 rings (SSSR count). The van der Waals surface area contributed by atoms with Gasteiger partial charge in [0.2, 0.25) is 5.43 Å². The minimum atomic E-state index is -0.900. The molecule has 1 heterocycles. The van der Waals surface area contributed by atoms with Gasteiger partial charge in [0, 0.05) is 22.8 Å². The highest BCUT2D eigenvalue weighted by Gasteiger charge is 2.18. The predicted molar refractivity (Wildman–Crippen MR) is 99.8 cm³/mol. The minimum Gasteiger partial charge on any atom is -0.482 e. The van der Waals surface area contributed by atoms with Gasteiger partial charge >= 0.3 is 0 Å². The van der Waals surface area contributed by atoms with Crippen molar-refractivity contribution in [2.45, 2.75) is 27.3 Å². The molecule has 6 nitrogen and oxygen atoms in total. The van der Waals surface area contributed by atoms with E-state index in [4.69, 9.17) is 16.3 Å². The van der Waals surface area contributed by atoms with Crippen molar-refractivity contribution < 1.29 is 13.9 Å². The summed E-state index contributed by atoms with van der Waals surface area (Å²) in [7, 11) is 1.36. The van der Waals surface area contributed by atoms with Crippen molar-refractivity contribution in [3.05, 3.63) is 55.6 Å². The molecule has 1 aromatic carbocycles. The number of hydrogen-bond donors (Lipinski definition) is 3. The van der Waals surface area contributed by atoms with Gasteiger partial charge in [-0.1, -0.05) is 11.6 Å².